The van der Waals surface area contributed by atoms with Crippen molar-refractivity contribution in [2.75, 3.05) is 5.32 Å². The van der Waals surface area contributed by atoms with Gasteiger partial charge in [-0.05, 0) is 11.5 Å². The van der Waals surface area contributed by atoms with Crippen LogP contribution in [0.3, 0.4) is 0 Å². The average Bonchev–Trinajstić information content (AvgIpc) is 3.00. The molecule has 0 bridgehead atoms. The second kappa shape index (κ2) is 4.97. The van der Waals surface area contributed by atoms with Crippen molar-refractivity contribution in [2.24, 2.45) is 7.05 Å². The summed E-state index contributed by atoms with van der Waals surface area (Å²) in [5, 5.41) is 17.7. The third kappa shape index (κ3) is 2.25. The zero-order valence-corrected chi connectivity index (χ0v) is 11.6. The van der Waals surface area contributed by atoms with Crippen molar-refractivity contribution in [3.63, 3.8) is 0 Å². The van der Waals surface area contributed by atoms with Crippen LogP contribution in [-0.2, 0) is 13.6 Å². The number of nitrogens with zero attached hydrogens (tertiary/aromatic N) is 2. The average molecular weight is 287 g/mol. The summed E-state index contributed by atoms with van der Waals surface area (Å²) in [5.74, 6) is -0.150. The van der Waals surface area contributed by atoms with Gasteiger partial charge in [-0.25, -0.2) is 4.79 Å². The molecule has 20 heavy (non-hydrogen) atoms. The molecular weight excluding hydrogens is 274 g/mol. The molecule has 6 heteroatoms. The van der Waals surface area contributed by atoms with E-state index < -0.39 is 5.97 Å². The van der Waals surface area contributed by atoms with Crippen LogP contribution in [-0.4, -0.2) is 20.9 Å². The Labute approximate surface area is 119 Å². The molecule has 3 rings (SSSR count). The number of hydrogen-bond acceptors (Lipinski definition) is 4. The summed E-state index contributed by atoms with van der Waals surface area (Å²) in [7, 11) is 1.84. The van der Waals surface area contributed by atoms with E-state index in [1.165, 1.54) is 11.3 Å². The number of aromatic nitrogens is 2. The van der Waals surface area contributed by atoms with Crippen LogP contribution in [0.25, 0.3) is 10.1 Å². The van der Waals surface area contributed by atoms with Gasteiger partial charge >= 0.3 is 5.97 Å². The first-order chi connectivity index (χ1) is 9.65. The molecule has 0 aliphatic heterocycles. The zero-order valence-electron chi connectivity index (χ0n) is 10.8. The molecule has 0 unspecified atom stereocenters. The zero-order chi connectivity index (χ0) is 14.1. The highest BCUT2D eigenvalue weighted by molar-refractivity contribution is 7.21. The number of carbonyl (C=O) groups is 1. The Balaban J connectivity index is 1.96. The van der Waals surface area contributed by atoms with E-state index in [4.69, 9.17) is 0 Å². The van der Waals surface area contributed by atoms with Crippen molar-refractivity contribution >= 4 is 33.2 Å². The molecule has 102 valence electrons. The molecule has 0 saturated heterocycles. The number of carboxylic acid groups (broad SMARTS) is 1. The maximum absolute atomic E-state index is 11.4. The van der Waals surface area contributed by atoms with Crippen molar-refractivity contribution in [2.45, 2.75) is 6.54 Å². The number of anilines is 1. The van der Waals surface area contributed by atoms with E-state index in [9.17, 15) is 9.90 Å². The molecule has 0 aliphatic carbocycles. The monoisotopic (exact) mass is 287 g/mol. The maximum Gasteiger partial charge on any atom is 0.346 e. The molecule has 0 radical (unpaired) electrons. The third-order valence-electron chi connectivity index (χ3n) is 3.05. The minimum atomic E-state index is -0.885. The van der Waals surface area contributed by atoms with Crippen LogP contribution < -0.4 is 5.32 Å². The second-order valence-corrected chi connectivity index (χ2v) is 5.49. The van der Waals surface area contributed by atoms with Gasteiger partial charge < -0.3 is 10.4 Å². The van der Waals surface area contributed by atoms with Gasteiger partial charge in [-0.3, -0.25) is 4.68 Å². The van der Waals surface area contributed by atoms with Crippen LogP contribution in [0.15, 0.2) is 36.5 Å². The van der Waals surface area contributed by atoms with E-state index in [1.807, 2.05) is 43.6 Å². The lowest BCUT2D eigenvalue weighted by molar-refractivity contribution is 0.0701. The van der Waals surface area contributed by atoms with Gasteiger partial charge in [0.25, 0.3) is 0 Å². The Bertz CT molecular complexity index is 776. The first-order valence-electron chi connectivity index (χ1n) is 6.12. The lowest BCUT2D eigenvalue weighted by atomic mass is 10.1. The summed E-state index contributed by atoms with van der Waals surface area (Å²) in [6, 6.07) is 9.59. The standard InChI is InChI=1S/C14H13N3O2S/c1-17-7-6-12(16-17)15-8-10-9-4-2-3-5-11(9)20-13(10)14(18)19/h2-7H,8H2,1H3,(H,15,16)(H,18,19). The van der Waals surface area contributed by atoms with Gasteiger partial charge in [-0.1, -0.05) is 18.2 Å². The maximum atomic E-state index is 11.4. The Kier molecular flexibility index (Phi) is 3.15. The fraction of sp³-hybridized carbons (Fsp3) is 0.143. The van der Waals surface area contributed by atoms with Crippen LogP contribution in [0.4, 0.5) is 5.82 Å². The highest BCUT2D eigenvalue weighted by Crippen LogP contribution is 2.31. The molecule has 1 aromatic carbocycles. The van der Waals surface area contributed by atoms with Crippen molar-refractivity contribution in [1.82, 2.24) is 9.78 Å². The summed E-state index contributed by atoms with van der Waals surface area (Å²) >= 11 is 1.31. The molecule has 2 aromatic heterocycles. The van der Waals surface area contributed by atoms with Crippen molar-refractivity contribution in [3.8, 4) is 0 Å². The Morgan fingerprint density at radius 2 is 2.20 bits per heavy atom. The van der Waals surface area contributed by atoms with E-state index in [-0.39, 0.29) is 0 Å². The molecule has 5 nitrogen and oxygen atoms in total. The molecular formula is C14H13N3O2S. The van der Waals surface area contributed by atoms with E-state index >= 15 is 0 Å². The van der Waals surface area contributed by atoms with Gasteiger partial charge in [-0.15, -0.1) is 11.3 Å². The fourth-order valence-corrected chi connectivity index (χ4v) is 3.20. The normalized spacial score (nSPS) is 10.8. The Hall–Kier alpha value is -2.34. The number of fused-ring (bicyclic) bond motifs is 1. The highest BCUT2D eigenvalue weighted by Gasteiger charge is 2.17. The Morgan fingerprint density at radius 3 is 2.90 bits per heavy atom. The first kappa shape index (κ1) is 12.7. The van der Waals surface area contributed by atoms with Gasteiger partial charge in [0.05, 0.1) is 0 Å². The predicted molar refractivity (Wildman–Crippen MR) is 79.3 cm³/mol. The summed E-state index contributed by atoms with van der Waals surface area (Å²) in [6.07, 6.45) is 1.84. The number of aromatic carboxylic acids is 1. The predicted octanol–water partition coefficient (Wildman–Crippen LogP) is 2.95. The number of hydrogen-bond donors (Lipinski definition) is 2. The smallest absolute Gasteiger partial charge is 0.346 e. The SMILES string of the molecule is Cn1ccc(NCc2c(C(=O)O)sc3ccccc23)n1. The summed E-state index contributed by atoms with van der Waals surface area (Å²) < 4.78 is 2.69. The van der Waals surface area contributed by atoms with E-state index in [2.05, 4.69) is 10.4 Å². The van der Waals surface area contributed by atoms with Crippen LogP contribution >= 0.6 is 11.3 Å². The lowest BCUT2D eigenvalue weighted by Crippen LogP contribution is -2.05. The number of aryl methyl sites for hydroxylation is 1. The number of rotatable bonds is 4. The number of thiophene rings is 1. The molecule has 0 amide bonds. The minimum absolute atomic E-state index is 0.384. The topological polar surface area (TPSA) is 67.2 Å². The summed E-state index contributed by atoms with van der Waals surface area (Å²) in [6.45, 7) is 0.447. The van der Waals surface area contributed by atoms with Gasteiger partial charge in [-0.2, -0.15) is 5.10 Å². The van der Waals surface area contributed by atoms with Crippen LogP contribution in [0.5, 0.6) is 0 Å². The molecule has 0 aliphatic rings. The largest absolute Gasteiger partial charge is 0.477 e. The molecule has 0 atom stereocenters. The molecule has 2 N–H and O–H groups in total. The quantitative estimate of drug-likeness (QED) is 0.774. The highest BCUT2D eigenvalue weighted by atomic mass is 32.1. The summed E-state index contributed by atoms with van der Waals surface area (Å²) in [4.78, 5) is 11.8. The van der Waals surface area contributed by atoms with Gasteiger partial charge in [0.2, 0.25) is 0 Å². The Morgan fingerprint density at radius 1 is 1.40 bits per heavy atom. The van der Waals surface area contributed by atoms with Crippen molar-refractivity contribution in [3.05, 3.63) is 47.0 Å². The van der Waals surface area contributed by atoms with Crippen molar-refractivity contribution in [1.29, 1.82) is 0 Å². The minimum Gasteiger partial charge on any atom is -0.477 e. The van der Waals surface area contributed by atoms with Gasteiger partial charge in [0.1, 0.15) is 10.7 Å². The van der Waals surface area contributed by atoms with Crippen molar-refractivity contribution < 1.29 is 9.90 Å². The number of benzene rings is 1. The lowest BCUT2D eigenvalue weighted by Gasteiger charge is -2.04. The number of carboxylic acids is 1. The molecule has 3 aromatic rings. The molecule has 0 fully saturated rings. The van der Waals surface area contributed by atoms with Gasteiger partial charge in [0, 0.05) is 36.1 Å². The van der Waals surface area contributed by atoms with Gasteiger partial charge in [0.15, 0.2) is 0 Å². The second-order valence-electron chi connectivity index (χ2n) is 4.44. The molecule has 2 heterocycles. The van der Waals surface area contributed by atoms with Crippen LogP contribution in [0.1, 0.15) is 15.2 Å². The molecule has 0 spiro atoms. The van der Waals surface area contributed by atoms with E-state index in [0.717, 1.165) is 21.5 Å². The fourth-order valence-electron chi connectivity index (χ4n) is 2.14. The van der Waals surface area contributed by atoms with Crippen LogP contribution in [0, 0.1) is 0 Å². The van der Waals surface area contributed by atoms with E-state index in [1.54, 1.807) is 4.68 Å². The third-order valence-corrected chi connectivity index (χ3v) is 4.25. The first-order valence-corrected chi connectivity index (χ1v) is 6.94. The van der Waals surface area contributed by atoms with Crippen LogP contribution in [0.2, 0.25) is 0 Å². The number of nitrogens with one attached hydrogen (secondary N) is 1. The summed E-state index contributed by atoms with van der Waals surface area (Å²) in [5.41, 5.74) is 0.809. The molecule has 0 saturated carbocycles. The van der Waals surface area contributed by atoms with E-state index in [0.29, 0.717) is 11.4 Å².